The van der Waals surface area contributed by atoms with E-state index in [1.54, 1.807) is 0 Å². The van der Waals surface area contributed by atoms with Crippen molar-refractivity contribution in [1.29, 1.82) is 0 Å². The van der Waals surface area contributed by atoms with Gasteiger partial charge in [-0.05, 0) is 6.42 Å². The fraction of sp³-hybridized carbons (Fsp3) is 0.429. The molecule has 5 nitrogen and oxygen atoms in total. The van der Waals surface area contributed by atoms with Crippen molar-refractivity contribution in [3.63, 3.8) is 0 Å². The van der Waals surface area contributed by atoms with E-state index in [-0.39, 0.29) is 5.69 Å². The largest absolute Gasteiger partial charge is 0.480 e. The third-order valence-corrected chi connectivity index (χ3v) is 1.59. The SMILES string of the molecule is CCc1c(OC)n[nH]c1C(=O)O. The fourth-order valence-electron chi connectivity index (χ4n) is 1.02. The summed E-state index contributed by atoms with van der Waals surface area (Å²) in [5.74, 6) is -0.655. The van der Waals surface area contributed by atoms with Crippen LogP contribution >= 0.6 is 0 Å². The van der Waals surface area contributed by atoms with Crippen LogP contribution in [0, 0.1) is 0 Å². The van der Waals surface area contributed by atoms with E-state index in [2.05, 4.69) is 10.2 Å². The molecule has 0 unspecified atom stereocenters. The lowest BCUT2D eigenvalue weighted by atomic mass is 10.2. The Morgan fingerprint density at radius 1 is 1.75 bits per heavy atom. The lowest BCUT2D eigenvalue weighted by Crippen LogP contribution is -2.00. The number of aromatic amines is 1. The third kappa shape index (κ3) is 1.25. The van der Waals surface area contributed by atoms with Gasteiger partial charge in [0, 0.05) is 5.56 Å². The van der Waals surface area contributed by atoms with E-state index in [0.29, 0.717) is 17.9 Å². The molecule has 0 fully saturated rings. The number of hydrogen-bond acceptors (Lipinski definition) is 3. The van der Waals surface area contributed by atoms with Gasteiger partial charge in [-0.1, -0.05) is 6.92 Å². The van der Waals surface area contributed by atoms with E-state index in [4.69, 9.17) is 9.84 Å². The number of hydrogen-bond donors (Lipinski definition) is 2. The number of carboxylic acid groups (broad SMARTS) is 1. The molecule has 0 aliphatic rings. The van der Waals surface area contributed by atoms with Crippen molar-refractivity contribution in [1.82, 2.24) is 10.2 Å². The van der Waals surface area contributed by atoms with Gasteiger partial charge in [0.15, 0.2) is 0 Å². The van der Waals surface area contributed by atoms with Gasteiger partial charge in [-0.25, -0.2) is 4.79 Å². The zero-order valence-electron chi connectivity index (χ0n) is 6.92. The molecule has 0 spiro atoms. The third-order valence-electron chi connectivity index (χ3n) is 1.59. The molecular weight excluding hydrogens is 160 g/mol. The molecule has 1 rings (SSSR count). The van der Waals surface area contributed by atoms with E-state index in [9.17, 15) is 4.79 Å². The molecule has 0 bridgehead atoms. The summed E-state index contributed by atoms with van der Waals surface area (Å²) in [5, 5.41) is 14.8. The molecule has 0 aromatic carbocycles. The van der Waals surface area contributed by atoms with Gasteiger partial charge >= 0.3 is 5.97 Å². The average Bonchev–Trinajstić information content (AvgIpc) is 2.46. The van der Waals surface area contributed by atoms with E-state index < -0.39 is 5.97 Å². The number of rotatable bonds is 3. The molecule has 0 aliphatic heterocycles. The minimum atomic E-state index is -1.01. The summed E-state index contributed by atoms with van der Waals surface area (Å²) in [5.41, 5.74) is 0.708. The summed E-state index contributed by atoms with van der Waals surface area (Å²) in [4.78, 5) is 10.6. The van der Waals surface area contributed by atoms with Crippen molar-refractivity contribution in [2.45, 2.75) is 13.3 Å². The first-order valence-electron chi connectivity index (χ1n) is 3.55. The Bertz CT molecular complexity index is 293. The Kier molecular flexibility index (Phi) is 2.32. The van der Waals surface area contributed by atoms with Crippen LogP contribution in [0.2, 0.25) is 0 Å². The van der Waals surface area contributed by atoms with Crippen molar-refractivity contribution in [3.8, 4) is 5.88 Å². The number of aromatic nitrogens is 2. The summed E-state index contributed by atoms with van der Waals surface area (Å²) in [6.07, 6.45) is 0.585. The lowest BCUT2D eigenvalue weighted by molar-refractivity contribution is 0.0689. The number of carboxylic acids is 1. The van der Waals surface area contributed by atoms with Crippen molar-refractivity contribution < 1.29 is 14.6 Å². The van der Waals surface area contributed by atoms with Crippen LogP contribution in [-0.4, -0.2) is 28.4 Å². The molecule has 66 valence electrons. The molecule has 1 heterocycles. The van der Waals surface area contributed by atoms with Crippen LogP contribution in [0.4, 0.5) is 0 Å². The number of H-pyrrole nitrogens is 1. The number of aromatic carboxylic acids is 1. The maximum absolute atomic E-state index is 10.6. The van der Waals surface area contributed by atoms with Gasteiger partial charge in [0.25, 0.3) is 0 Å². The topological polar surface area (TPSA) is 75.2 Å². The Labute approximate surface area is 69.4 Å². The number of carbonyl (C=O) groups is 1. The van der Waals surface area contributed by atoms with Crippen molar-refractivity contribution >= 4 is 5.97 Å². The van der Waals surface area contributed by atoms with Gasteiger partial charge < -0.3 is 9.84 Å². The van der Waals surface area contributed by atoms with Crippen molar-refractivity contribution in [2.24, 2.45) is 0 Å². The predicted molar refractivity (Wildman–Crippen MR) is 41.5 cm³/mol. The van der Waals surface area contributed by atoms with E-state index in [1.165, 1.54) is 7.11 Å². The number of nitrogens with one attached hydrogen (secondary N) is 1. The van der Waals surface area contributed by atoms with Crippen LogP contribution in [0.5, 0.6) is 5.88 Å². The summed E-state index contributed by atoms with van der Waals surface area (Å²) in [7, 11) is 1.46. The zero-order chi connectivity index (χ0) is 9.14. The van der Waals surface area contributed by atoms with Gasteiger partial charge in [-0.3, -0.25) is 5.10 Å². The first kappa shape index (κ1) is 8.58. The molecule has 0 atom stereocenters. The second kappa shape index (κ2) is 3.25. The molecule has 2 N–H and O–H groups in total. The van der Waals surface area contributed by atoms with Crippen molar-refractivity contribution in [2.75, 3.05) is 7.11 Å². The van der Waals surface area contributed by atoms with Gasteiger partial charge in [0.05, 0.1) is 7.11 Å². The summed E-state index contributed by atoms with van der Waals surface area (Å²) in [6, 6.07) is 0. The molecule has 1 aromatic rings. The monoisotopic (exact) mass is 170 g/mol. The number of nitrogens with zero attached hydrogens (tertiary/aromatic N) is 1. The van der Waals surface area contributed by atoms with Gasteiger partial charge in [-0.15, -0.1) is 5.10 Å². The summed E-state index contributed by atoms with van der Waals surface area (Å²) in [6.45, 7) is 1.85. The van der Waals surface area contributed by atoms with Crippen LogP contribution in [-0.2, 0) is 6.42 Å². The predicted octanol–water partition coefficient (Wildman–Crippen LogP) is 0.679. The summed E-state index contributed by atoms with van der Waals surface area (Å²) < 4.78 is 4.86. The second-order valence-electron chi connectivity index (χ2n) is 2.25. The zero-order valence-corrected chi connectivity index (χ0v) is 6.92. The number of ether oxygens (including phenoxy) is 1. The Balaban J connectivity index is 3.13. The molecule has 5 heteroatoms. The molecular formula is C7H10N2O3. The van der Waals surface area contributed by atoms with Gasteiger partial charge in [0.1, 0.15) is 5.69 Å². The Morgan fingerprint density at radius 2 is 2.42 bits per heavy atom. The highest BCUT2D eigenvalue weighted by Crippen LogP contribution is 2.18. The smallest absolute Gasteiger partial charge is 0.354 e. The van der Waals surface area contributed by atoms with Crippen LogP contribution in [0.25, 0.3) is 0 Å². The van der Waals surface area contributed by atoms with E-state index in [0.717, 1.165) is 0 Å². The highest BCUT2D eigenvalue weighted by Gasteiger charge is 2.16. The Hall–Kier alpha value is -1.52. The summed E-state index contributed by atoms with van der Waals surface area (Å²) >= 11 is 0. The van der Waals surface area contributed by atoms with Crippen LogP contribution in [0.1, 0.15) is 23.0 Å². The maximum Gasteiger partial charge on any atom is 0.354 e. The highest BCUT2D eigenvalue weighted by molar-refractivity contribution is 5.87. The molecule has 0 saturated heterocycles. The van der Waals surface area contributed by atoms with E-state index >= 15 is 0 Å². The molecule has 1 aromatic heterocycles. The Morgan fingerprint density at radius 3 is 2.83 bits per heavy atom. The quantitative estimate of drug-likeness (QED) is 0.699. The molecule has 0 amide bonds. The standard InChI is InChI=1S/C7H10N2O3/c1-3-4-5(7(10)11)8-9-6(4)12-2/h3H2,1-2H3,(H,8,9)(H,10,11). The molecule has 0 saturated carbocycles. The first-order chi connectivity index (χ1) is 5.70. The maximum atomic E-state index is 10.6. The van der Waals surface area contributed by atoms with E-state index in [1.807, 2.05) is 6.92 Å². The molecule has 0 radical (unpaired) electrons. The number of methoxy groups -OCH3 is 1. The average molecular weight is 170 g/mol. The normalized spacial score (nSPS) is 9.83. The van der Waals surface area contributed by atoms with Crippen molar-refractivity contribution in [3.05, 3.63) is 11.3 Å². The first-order valence-corrected chi connectivity index (χ1v) is 3.55. The lowest BCUT2D eigenvalue weighted by Gasteiger charge is -1.96. The second-order valence-corrected chi connectivity index (χ2v) is 2.25. The van der Waals surface area contributed by atoms with Gasteiger partial charge in [-0.2, -0.15) is 0 Å². The van der Waals surface area contributed by atoms with Crippen LogP contribution in [0.15, 0.2) is 0 Å². The highest BCUT2D eigenvalue weighted by atomic mass is 16.5. The fourth-order valence-corrected chi connectivity index (χ4v) is 1.02. The van der Waals surface area contributed by atoms with Crippen LogP contribution in [0.3, 0.4) is 0 Å². The minimum absolute atomic E-state index is 0.106. The minimum Gasteiger partial charge on any atom is -0.480 e. The van der Waals surface area contributed by atoms with Gasteiger partial charge in [0.2, 0.25) is 5.88 Å². The molecule has 0 aliphatic carbocycles. The van der Waals surface area contributed by atoms with Crippen LogP contribution < -0.4 is 4.74 Å². The molecule has 12 heavy (non-hydrogen) atoms.